The van der Waals surface area contributed by atoms with E-state index in [2.05, 4.69) is 10.4 Å². The molecule has 0 radical (unpaired) electrons. The minimum absolute atomic E-state index is 0.229. The van der Waals surface area contributed by atoms with E-state index in [1.807, 2.05) is 68.4 Å². The summed E-state index contributed by atoms with van der Waals surface area (Å²) in [4.78, 5) is 13.0. The van der Waals surface area contributed by atoms with E-state index in [1.165, 1.54) is 5.56 Å². The topological polar surface area (TPSA) is 60.1 Å². The number of hydrogen-bond donors (Lipinski definition) is 1. The van der Waals surface area contributed by atoms with Gasteiger partial charge in [-0.15, -0.1) is 0 Å². The van der Waals surface area contributed by atoms with Crippen LogP contribution in [-0.2, 0) is 0 Å². The lowest BCUT2D eigenvalue weighted by atomic mass is 10.1. The molecule has 2 aromatic heterocycles. The average molecular weight is 357 g/mol. The number of benzene rings is 2. The molecule has 0 spiro atoms. The third kappa shape index (κ3) is 3.40. The standard InChI is InChI=1S/C22H19N3O2/c1-15-10-11-17(13-16(15)2)23-22(26)20-14-19(21-9-6-12-27-21)24-25(20)18-7-4-3-5-8-18/h3-14H,1-2H3,(H,23,26). The molecule has 5 nitrogen and oxygen atoms in total. The SMILES string of the molecule is Cc1ccc(NC(=O)c2cc(-c3ccco3)nn2-c2ccccc2)cc1C. The van der Waals surface area contributed by atoms with Crippen molar-refractivity contribution in [2.45, 2.75) is 13.8 Å². The summed E-state index contributed by atoms with van der Waals surface area (Å²) in [6.07, 6.45) is 1.59. The summed E-state index contributed by atoms with van der Waals surface area (Å²) in [5, 5.41) is 7.54. The fraction of sp³-hybridized carbons (Fsp3) is 0.0909. The van der Waals surface area contributed by atoms with Crippen molar-refractivity contribution in [3.63, 3.8) is 0 Å². The predicted octanol–water partition coefficient (Wildman–Crippen LogP) is 5.00. The largest absolute Gasteiger partial charge is 0.463 e. The fourth-order valence-corrected chi connectivity index (χ4v) is 2.87. The molecule has 0 aliphatic heterocycles. The Hall–Kier alpha value is -3.60. The lowest BCUT2D eigenvalue weighted by molar-refractivity contribution is 0.101. The minimum Gasteiger partial charge on any atom is -0.463 e. The number of para-hydroxylation sites is 1. The Kier molecular flexibility index (Phi) is 4.34. The summed E-state index contributed by atoms with van der Waals surface area (Å²) in [5.74, 6) is 0.386. The molecule has 2 aromatic carbocycles. The molecule has 1 amide bonds. The molecule has 0 aliphatic carbocycles. The van der Waals surface area contributed by atoms with Crippen molar-refractivity contribution < 1.29 is 9.21 Å². The number of nitrogens with zero attached hydrogens (tertiary/aromatic N) is 2. The number of furan rings is 1. The van der Waals surface area contributed by atoms with Crippen LogP contribution in [0.1, 0.15) is 21.6 Å². The maximum atomic E-state index is 13.0. The van der Waals surface area contributed by atoms with Gasteiger partial charge in [0.25, 0.3) is 5.91 Å². The molecule has 1 N–H and O–H groups in total. The van der Waals surface area contributed by atoms with Crippen LogP contribution < -0.4 is 5.32 Å². The van der Waals surface area contributed by atoms with Crippen LogP contribution >= 0.6 is 0 Å². The van der Waals surface area contributed by atoms with Crippen LogP contribution in [0.25, 0.3) is 17.1 Å². The molecule has 27 heavy (non-hydrogen) atoms. The highest BCUT2D eigenvalue weighted by Crippen LogP contribution is 2.23. The summed E-state index contributed by atoms with van der Waals surface area (Å²) in [5.41, 5.74) is 4.91. The second kappa shape index (κ2) is 6.96. The molecule has 0 fully saturated rings. The molecule has 4 aromatic rings. The Bertz CT molecular complexity index is 1080. The number of aryl methyl sites for hydroxylation is 2. The van der Waals surface area contributed by atoms with Gasteiger partial charge in [0, 0.05) is 11.8 Å². The summed E-state index contributed by atoms with van der Waals surface area (Å²) in [6, 6.07) is 20.8. The maximum Gasteiger partial charge on any atom is 0.274 e. The normalized spacial score (nSPS) is 10.7. The predicted molar refractivity (Wildman–Crippen MR) is 105 cm³/mol. The van der Waals surface area contributed by atoms with Gasteiger partial charge in [0.05, 0.1) is 12.0 Å². The second-order valence-corrected chi connectivity index (χ2v) is 6.39. The number of hydrogen-bond acceptors (Lipinski definition) is 3. The average Bonchev–Trinajstić information content (AvgIpc) is 3.35. The minimum atomic E-state index is -0.229. The zero-order valence-corrected chi connectivity index (χ0v) is 15.1. The monoisotopic (exact) mass is 357 g/mol. The van der Waals surface area contributed by atoms with Crippen LogP contribution in [0.2, 0.25) is 0 Å². The van der Waals surface area contributed by atoms with E-state index in [0.717, 1.165) is 16.9 Å². The molecule has 4 rings (SSSR count). The molecular weight excluding hydrogens is 338 g/mol. The molecule has 134 valence electrons. The van der Waals surface area contributed by atoms with E-state index in [4.69, 9.17) is 4.42 Å². The van der Waals surface area contributed by atoms with Gasteiger partial charge in [-0.1, -0.05) is 24.3 Å². The van der Waals surface area contributed by atoms with Crippen LogP contribution in [0, 0.1) is 13.8 Å². The lowest BCUT2D eigenvalue weighted by Gasteiger charge is -2.09. The number of rotatable bonds is 4. The van der Waals surface area contributed by atoms with Crippen LogP contribution in [0.5, 0.6) is 0 Å². The number of nitrogens with one attached hydrogen (secondary N) is 1. The molecule has 0 bridgehead atoms. The molecule has 2 heterocycles. The van der Waals surface area contributed by atoms with Crippen molar-refractivity contribution in [1.82, 2.24) is 9.78 Å². The van der Waals surface area contributed by atoms with Crippen LogP contribution in [0.3, 0.4) is 0 Å². The van der Waals surface area contributed by atoms with Gasteiger partial charge in [-0.05, 0) is 61.4 Å². The van der Waals surface area contributed by atoms with Crippen molar-refractivity contribution in [1.29, 1.82) is 0 Å². The van der Waals surface area contributed by atoms with Gasteiger partial charge in [-0.2, -0.15) is 5.10 Å². The Morgan fingerprint density at radius 3 is 2.48 bits per heavy atom. The van der Waals surface area contributed by atoms with Crippen LogP contribution in [0.15, 0.2) is 77.4 Å². The van der Waals surface area contributed by atoms with E-state index in [1.54, 1.807) is 23.1 Å². The number of aromatic nitrogens is 2. The Labute approximate surface area is 157 Å². The lowest BCUT2D eigenvalue weighted by Crippen LogP contribution is -2.17. The number of carbonyl (C=O) groups excluding carboxylic acids is 1. The summed E-state index contributed by atoms with van der Waals surface area (Å²) < 4.78 is 7.08. The van der Waals surface area contributed by atoms with E-state index >= 15 is 0 Å². The van der Waals surface area contributed by atoms with Gasteiger partial charge in [-0.25, -0.2) is 4.68 Å². The maximum absolute atomic E-state index is 13.0. The quantitative estimate of drug-likeness (QED) is 0.559. The van der Waals surface area contributed by atoms with Crippen molar-refractivity contribution in [3.05, 3.63) is 89.8 Å². The molecule has 0 saturated heterocycles. The zero-order chi connectivity index (χ0) is 18.8. The first kappa shape index (κ1) is 16.8. The molecule has 0 unspecified atom stereocenters. The first-order chi connectivity index (χ1) is 13.1. The third-order valence-corrected chi connectivity index (χ3v) is 4.48. The van der Waals surface area contributed by atoms with Gasteiger partial charge < -0.3 is 9.73 Å². The van der Waals surface area contributed by atoms with Crippen molar-refractivity contribution in [2.24, 2.45) is 0 Å². The highest BCUT2D eigenvalue weighted by atomic mass is 16.3. The summed E-state index contributed by atoms with van der Waals surface area (Å²) in [7, 11) is 0. The number of amides is 1. The van der Waals surface area contributed by atoms with Gasteiger partial charge in [0.1, 0.15) is 11.4 Å². The third-order valence-electron chi connectivity index (χ3n) is 4.48. The smallest absolute Gasteiger partial charge is 0.274 e. The first-order valence-electron chi connectivity index (χ1n) is 8.70. The van der Waals surface area contributed by atoms with E-state index in [0.29, 0.717) is 17.1 Å². The Morgan fingerprint density at radius 2 is 1.78 bits per heavy atom. The molecule has 0 saturated carbocycles. The Morgan fingerprint density at radius 1 is 0.963 bits per heavy atom. The summed E-state index contributed by atoms with van der Waals surface area (Å²) in [6.45, 7) is 4.06. The zero-order valence-electron chi connectivity index (χ0n) is 15.1. The number of anilines is 1. The van der Waals surface area contributed by atoms with Gasteiger partial charge in [-0.3, -0.25) is 4.79 Å². The van der Waals surface area contributed by atoms with Crippen LogP contribution in [-0.4, -0.2) is 15.7 Å². The molecule has 5 heteroatoms. The Balaban J connectivity index is 1.73. The molecule has 0 atom stereocenters. The van der Waals surface area contributed by atoms with E-state index in [9.17, 15) is 4.79 Å². The molecular formula is C22H19N3O2. The highest BCUT2D eigenvalue weighted by molar-refractivity contribution is 6.04. The van der Waals surface area contributed by atoms with Crippen molar-refractivity contribution in [2.75, 3.05) is 5.32 Å². The highest BCUT2D eigenvalue weighted by Gasteiger charge is 2.19. The van der Waals surface area contributed by atoms with E-state index in [-0.39, 0.29) is 5.91 Å². The summed E-state index contributed by atoms with van der Waals surface area (Å²) >= 11 is 0. The van der Waals surface area contributed by atoms with Gasteiger partial charge in [0.15, 0.2) is 5.76 Å². The van der Waals surface area contributed by atoms with Crippen molar-refractivity contribution in [3.8, 4) is 17.1 Å². The van der Waals surface area contributed by atoms with Crippen molar-refractivity contribution >= 4 is 11.6 Å². The van der Waals surface area contributed by atoms with Gasteiger partial charge >= 0.3 is 0 Å². The fourth-order valence-electron chi connectivity index (χ4n) is 2.87. The molecule has 0 aliphatic rings. The van der Waals surface area contributed by atoms with Gasteiger partial charge in [0.2, 0.25) is 0 Å². The first-order valence-corrected chi connectivity index (χ1v) is 8.70. The van der Waals surface area contributed by atoms with Crippen LogP contribution in [0.4, 0.5) is 5.69 Å². The van der Waals surface area contributed by atoms with E-state index < -0.39 is 0 Å². The number of carbonyl (C=O) groups is 1. The second-order valence-electron chi connectivity index (χ2n) is 6.39.